The van der Waals surface area contributed by atoms with E-state index in [4.69, 9.17) is 0 Å². The molecule has 3 aromatic carbocycles. The van der Waals surface area contributed by atoms with Crippen LogP contribution in [0.15, 0.2) is 72.8 Å². The van der Waals surface area contributed by atoms with E-state index in [1.54, 1.807) is 42.5 Å². The van der Waals surface area contributed by atoms with E-state index >= 15 is 0 Å². The standard InChI is InChI=1S/C23H18BN3O4/c25-13-15-9-10-19-21(11-15)26-23(16-5-2-1-3-6-16)22(19)20(14-27(30)31)17-7-4-8-18(12-17)24(28)29/h1-12,20,26,28-29H,14H2. The molecular weight excluding hydrogens is 393 g/mol. The molecule has 152 valence electrons. The molecule has 0 bridgehead atoms. The predicted octanol–water partition coefficient (Wildman–Crippen LogP) is 2.79. The predicted molar refractivity (Wildman–Crippen MR) is 118 cm³/mol. The summed E-state index contributed by atoms with van der Waals surface area (Å²) in [5.74, 6) is -0.648. The number of aromatic amines is 1. The zero-order valence-corrected chi connectivity index (χ0v) is 16.4. The van der Waals surface area contributed by atoms with Crippen LogP contribution in [0.5, 0.6) is 0 Å². The number of benzene rings is 3. The van der Waals surface area contributed by atoms with Gasteiger partial charge < -0.3 is 15.0 Å². The third-order valence-electron chi connectivity index (χ3n) is 5.32. The van der Waals surface area contributed by atoms with Crippen molar-refractivity contribution in [1.29, 1.82) is 5.26 Å². The summed E-state index contributed by atoms with van der Waals surface area (Å²) in [6.07, 6.45) is 0. The summed E-state index contributed by atoms with van der Waals surface area (Å²) in [6.45, 7) is -0.377. The number of nitriles is 1. The highest BCUT2D eigenvalue weighted by Crippen LogP contribution is 2.39. The van der Waals surface area contributed by atoms with E-state index < -0.39 is 13.0 Å². The zero-order valence-electron chi connectivity index (χ0n) is 16.4. The zero-order chi connectivity index (χ0) is 22.0. The van der Waals surface area contributed by atoms with Crippen molar-refractivity contribution >= 4 is 23.5 Å². The number of hydrogen-bond acceptors (Lipinski definition) is 5. The van der Waals surface area contributed by atoms with Crippen molar-refractivity contribution in [3.63, 3.8) is 0 Å². The molecule has 1 heterocycles. The van der Waals surface area contributed by atoms with Gasteiger partial charge in [-0.25, -0.2) is 0 Å². The van der Waals surface area contributed by atoms with E-state index in [0.29, 0.717) is 16.6 Å². The van der Waals surface area contributed by atoms with Crippen LogP contribution in [0.1, 0.15) is 22.6 Å². The van der Waals surface area contributed by atoms with E-state index in [2.05, 4.69) is 11.1 Å². The monoisotopic (exact) mass is 411 g/mol. The maximum atomic E-state index is 11.6. The van der Waals surface area contributed by atoms with Gasteiger partial charge in [-0.05, 0) is 34.3 Å². The summed E-state index contributed by atoms with van der Waals surface area (Å²) in [6, 6.07) is 23.4. The minimum absolute atomic E-state index is 0.263. The molecule has 0 amide bonds. The fourth-order valence-corrected chi connectivity index (χ4v) is 3.93. The second kappa shape index (κ2) is 8.44. The van der Waals surface area contributed by atoms with Gasteiger partial charge in [-0.3, -0.25) is 10.1 Å². The number of nitrogens with zero attached hydrogens (tertiary/aromatic N) is 2. The van der Waals surface area contributed by atoms with Crippen molar-refractivity contribution in [2.75, 3.05) is 6.54 Å². The molecule has 31 heavy (non-hydrogen) atoms. The van der Waals surface area contributed by atoms with E-state index in [9.17, 15) is 25.4 Å². The Kier molecular flexibility index (Phi) is 5.54. The molecule has 0 saturated heterocycles. The lowest BCUT2D eigenvalue weighted by atomic mass is 9.77. The highest BCUT2D eigenvalue weighted by molar-refractivity contribution is 6.58. The van der Waals surface area contributed by atoms with E-state index in [0.717, 1.165) is 22.2 Å². The maximum Gasteiger partial charge on any atom is 0.488 e. The molecular formula is C23H18BN3O4. The highest BCUT2D eigenvalue weighted by Gasteiger charge is 2.28. The van der Waals surface area contributed by atoms with Crippen LogP contribution in [0.4, 0.5) is 0 Å². The highest BCUT2D eigenvalue weighted by atomic mass is 16.6. The normalized spacial score (nSPS) is 11.8. The lowest BCUT2D eigenvalue weighted by molar-refractivity contribution is -0.481. The first-order valence-electron chi connectivity index (χ1n) is 9.67. The average Bonchev–Trinajstić information content (AvgIpc) is 3.16. The largest absolute Gasteiger partial charge is 0.488 e. The molecule has 1 atom stereocenters. The van der Waals surface area contributed by atoms with Crippen LogP contribution < -0.4 is 5.46 Å². The van der Waals surface area contributed by atoms with E-state index in [1.807, 2.05) is 30.3 Å². The molecule has 0 aliphatic heterocycles. The number of rotatable bonds is 6. The minimum Gasteiger partial charge on any atom is -0.423 e. The first-order valence-corrected chi connectivity index (χ1v) is 9.67. The topological polar surface area (TPSA) is 123 Å². The second-order valence-corrected chi connectivity index (χ2v) is 7.26. The summed E-state index contributed by atoms with van der Waals surface area (Å²) in [5.41, 5.74) is 4.37. The van der Waals surface area contributed by atoms with Gasteiger partial charge in [-0.1, -0.05) is 60.7 Å². The first-order chi connectivity index (χ1) is 15.0. The summed E-state index contributed by atoms with van der Waals surface area (Å²) in [7, 11) is -1.68. The Bertz CT molecular complexity index is 1300. The number of aromatic nitrogens is 1. The Morgan fingerprint density at radius 1 is 1.06 bits per heavy atom. The molecule has 0 radical (unpaired) electrons. The third kappa shape index (κ3) is 4.05. The molecule has 4 aromatic rings. The first kappa shape index (κ1) is 20.4. The quantitative estimate of drug-likeness (QED) is 0.256. The van der Waals surface area contributed by atoms with Crippen molar-refractivity contribution in [3.8, 4) is 17.3 Å². The van der Waals surface area contributed by atoms with Gasteiger partial charge in [0.2, 0.25) is 6.54 Å². The summed E-state index contributed by atoms with van der Waals surface area (Å²) >= 11 is 0. The van der Waals surface area contributed by atoms with Crippen LogP contribution in [-0.2, 0) is 0 Å². The number of fused-ring (bicyclic) bond motifs is 1. The number of hydrogen-bond donors (Lipinski definition) is 3. The Morgan fingerprint density at radius 3 is 2.52 bits per heavy atom. The van der Waals surface area contributed by atoms with Gasteiger partial charge in [0, 0.05) is 15.8 Å². The van der Waals surface area contributed by atoms with Gasteiger partial charge >= 0.3 is 7.12 Å². The fourth-order valence-electron chi connectivity index (χ4n) is 3.93. The average molecular weight is 411 g/mol. The van der Waals surface area contributed by atoms with Crippen molar-refractivity contribution in [2.45, 2.75) is 5.92 Å². The van der Waals surface area contributed by atoms with Gasteiger partial charge in [0.1, 0.15) is 0 Å². The van der Waals surface area contributed by atoms with Crippen LogP contribution in [0.3, 0.4) is 0 Å². The van der Waals surface area contributed by atoms with Crippen LogP contribution in [0.2, 0.25) is 0 Å². The molecule has 8 heteroatoms. The molecule has 1 unspecified atom stereocenters. The van der Waals surface area contributed by atoms with Gasteiger partial charge in [0.25, 0.3) is 0 Å². The summed E-state index contributed by atoms with van der Waals surface area (Å²) < 4.78 is 0. The van der Waals surface area contributed by atoms with Crippen molar-refractivity contribution < 1.29 is 15.0 Å². The van der Waals surface area contributed by atoms with E-state index in [-0.39, 0.29) is 16.9 Å². The molecule has 7 nitrogen and oxygen atoms in total. The van der Waals surface area contributed by atoms with Crippen molar-refractivity contribution in [2.24, 2.45) is 0 Å². The van der Waals surface area contributed by atoms with E-state index in [1.165, 1.54) is 0 Å². The van der Waals surface area contributed by atoms with Crippen molar-refractivity contribution in [1.82, 2.24) is 4.98 Å². The number of H-pyrrole nitrogens is 1. The third-order valence-corrected chi connectivity index (χ3v) is 5.32. The Hall–Kier alpha value is -3.93. The number of nitrogens with one attached hydrogen (secondary N) is 1. The maximum absolute atomic E-state index is 11.6. The smallest absolute Gasteiger partial charge is 0.423 e. The molecule has 4 rings (SSSR count). The van der Waals surface area contributed by atoms with Gasteiger partial charge in [-0.15, -0.1) is 0 Å². The lowest BCUT2D eigenvalue weighted by Crippen LogP contribution is -2.30. The lowest BCUT2D eigenvalue weighted by Gasteiger charge is -2.17. The van der Waals surface area contributed by atoms with Crippen LogP contribution >= 0.6 is 0 Å². The molecule has 3 N–H and O–H groups in total. The fraction of sp³-hybridized carbons (Fsp3) is 0.0870. The molecule has 0 fully saturated rings. The Morgan fingerprint density at radius 2 is 1.84 bits per heavy atom. The second-order valence-electron chi connectivity index (χ2n) is 7.26. The molecule has 0 aliphatic rings. The molecule has 0 spiro atoms. The Balaban J connectivity index is 2.01. The SMILES string of the molecule is N#Cc1ccc2c(C(C[N+](=O)[O-])c3cccc(B(O)O)c3)c(-c3ccccc3)[nH]c2c1. The molecule has 1 aromatic heterocycles. The van der Waals surface area contributed by atoms with Crippen LogP contribution in [0.25, 0.3) is 22.2 Å². The van der Waals surface area contributed by atoms with Crippen LogP contribution in [-0.4, -0.2) is 33.6 Å². The Labute approximate surface area is 178 Å². The number of nitro groups is 1. The van der Waals surface area contributed by atoms with Gasteiger partial charge in [-0.2, -0.15) is 5.26 Å². The summed E-state index contributed by atoms with van der Waals surface area (Å²) in [4.78, 5) is 14.6. The van der Waals surface area contributed by atoms with Crippen molar-refractivity contribution in [3.05, 3.63) is 99.6 Å². The summed E-state index contributed by atoms with van der Waals surface area (Å²) in [5, 5.41) is 40.9. The van der Waals surface area contributed by atoms with Gasteiger partial charge in [0.15, 0.2) is 0 Å². The molecule has 0 aliphatic carbocycles. The van der Waals surface area contributed by atoms with Gasteiger partial charge in [0.05, 0.1) is 23.2 Å². The minimum atomic E-state index is -1.68. The molecule has 0 saturated carbocycles. The van der Waals surface area contributed by atoms with Crippen LogP contribution in [0, 0.1) is 21.4 Å².